The van der Waals surface area contributed by atoms with Crippen LogP contribution in [0.2, 0.25) is 0 Å². The molecule has 2 aromatic rings. The van der Waals surface area contributed by atoms with Crippen LogP contribution in [0.1, 0.15) is 31.6 Å². The summed E-state index contributed by atoms with van der Waals surface area (Å²) in [6, 6.07) is 11.3. The first-order valence-electron chi connectivity index (χ1n) is 7.44. The van der Waals surface area contributed by atoms with Crippen molar-refractivity contribution in [2.45, 2.75) is 39.5 Å². The number of carbonyl (C=O) groups is 1. The Kier molecular flexibility index (Phi) is 6.03. The molecule has 0 bridgehead atoms. The Morgan fingerprint density at radius 2 is 2.14 bits per heavy atom. The average molecular weight is 302 g/mol. The van der Waals surface area contributed by atoms with E-state index in [-0.39, 0.29) is 12.1 Å². The molecule has 2 N–H and O–H groups in total. The number of rotatable bonds is 7. The Morgan fingerprint density at radius 1 is 1.27 bits per heavy atom. The topological polar surface area (TPSA) is 63.5 Å². The first-order chi connectivity index (χ1) is 10.7. The lowest BCUT2D eigenvalue weighted by Gasteiger charge is -2.13. The van der Waals surface area contributed by atoms with Crippen LogP contribution in [0.25, 0.3) is 0 Å². The van der Waals surface area contributed by atoms with E-state index in [4.69, 9.17) is 9.15 Å². The van der Waals surface area contributed by atoms with E-state index in [1.807, 2.05) is 50.2 Å². The summed E-state index contributed by atoms with van der Waals surface area (Å²) in [7, 11) is 0. The smallest absolute Gasteiger partial charge is 0.319 e. The summed E-state index contributed by atoms with van der Waals surface area (Å²) in [5.74, 6) is 0.794. The SMILES string of the molecule is CC[C@@H](C)NC(=O)Nc1cccc(COCc2ccco2)c1. The van der Waals surface area contributed by atoms with Crippen molar-refractivity contribution in [3.63, 3.8) is 0 Å². The molecule has 5 heteroatoms. The van der Waals surface area contributed by atoms with Crippen molar-refractivity contribution < 1.29 is 13.9 Å². The van der Waals surface area contributed by atoms with Gasteiger partial charge in [-0.2, -0.15) is 0 Å². The largest absolute Gasteiger partial charge is 0.467 e. The zero-order valence-corrected chi connectivity index (χ0v) is 13.0. The number of furan rings is 1. The maximum absolute atomic E-state index is 11.8. The van der Waals surface area contributed by atoms with Crippen molar-refractivity contribution in [1.29, 1.82) is 0 Å². The normalized spacial score (nSPS) is 11.9. The second-order valence-electron chi connectivity index (χ2n) is 5.18. The second-order valence-corrected chi connectivity index (χ2v) is 5.18. The second kappa shape index (κ2) is 8.24. The molecule has 118 valence electrons. The minimum atomic E-state index is -0.192. The molecule has 1 aromatic heterocycles. The number of anilines is 1. The molecule has 5 nitrogen and oxygen atoms in total. The molecule has 0 radical (unpaired) electrons. The molecule has 0 aliphatic rings. The molecule has 2 rings (SSSR count). The minimum Gasteiger partial charge on any atom is -0.467 e. The highest BCUT2D eigenvalue weighted by molar-refractivity contribution is 5.89. The van der Waals surface area contributed by atoms with E-state index in [1.165, 1.54) is 0 Å². The summed E-state index contributed by atoms with van der Waals surface area (Å²) >= 11 is 0. The Labute approximate surface area is 130 Å². The van der Waals surface area contributed by atoms with Crippen molar-refractivity contribution in [2.75, 3.05) is 5.32 Å². The van der Waals surface area contributed by atoms with E-state index < -0.39 is 0 Å². The van der Waals surface area contributed by atoms with Gasteiger partial charge in [0, 0.05) is 11.7 Å². The molecule has 0 fully saturated rings. The standard InChI is InChI=1S/C17H22N2O3/c1-3-13(2)18-17(20)19-15-7-4-6-14(10-15)11-21-12-16-8-5-9-22-16/h4-10,13H,3,11-12H2,1-2H3,(H2,18,19,20)/t13-/m1/s1. The predicted molar refractivity (Wildman–Crippen MR) is 85.6 cm³/mol. The Morgan fingerprint density at radius 3 is 2.86 bits per heavy atom. The van der Waals surface area contributed by atoms with Crippen LogP contribution in [0.15, 0.2) is 47.1 Å². The first kappa shape index (κ1) is 16.1. The number of benzene rings is 1. The molecular formula is C17H22N2O3. The van der Waals surface area contributed by atoms with Gasteiger partial charge in [-0.1, -0.05) is 19.1 Å². The maximum atomic E-state index is 11.8. The lowest BCUT2D eigenvalue weighted by atomic mass is 10.2. The summed E-state index contributed by atoms with van der Waals surface area (Å²) in [6.07, 6.45) is 2.52. The number of carbonyl (C=O) groups excluding carboxylic acids is 1. The third-order valence-corrected chi connectivity index (χ3v) is 3.27. The average Bonchev–Trinajstić information content (AvgIpc) is 3.00. The van der Waals surface area contributed by atoms with Crippen LogP contribution >= 0.6 is 0 Å². The van der Waals surface area contributed by atoms with Crippen LogP contribution in [-0.2, 0) is 18.0 Å². The fraction of sp³-hybridized carbons (Fsp3) is 0.353. The number of urea groups is 1. The fourth-order valence-corrected chi connectivity index (χ4v) is 1.90. The van der Waals surface area contributed by atoms with E-state index in [1.54, 1.807) is 6.26 Å². The number of amides is 2. The maximum Gasteiger partial charge on any atom is 0.319 e. The lowest BCUT2D eigenvalue weighted by Crippen LogP contribution is -2.35. The monoisotopic (exact) mass is 302 g/mol. The number of nitrogens with one attached hydrogen (secondary N) is 2. The van der Waals surface area contributed by atoms with Crippen LogP contribution in [-0.4, -0.2) is 12.1 Å². The summed E-state index contributed by atoms with van der Waals surface area (Å²) in [5.41, 5.74) is 1.74. The van der Waals surface area contributed by atoms with Gasteiger partial charge in [-0.3, -0.25) is 0 Å². The van der Waals surface area contributed by atoms with Crippen LogP contribution in [0.3, 0.4) is 0 Å². The Hall–Kier alpha value is -2.27. The highest BCUT2D eigenvalue weighted by atomic mass is 16.5. The van der Waals surface area contributed by atoms with Gasteiger partial charge in [-0.25, -0.2) is 4.79 Å². The molecule has 2 amide bonds. The molecule has 22 heavy (non-hydrogen) atoms. The fourth-order valence-electron chi connectivity index (χ4n) is 1.90. The molecule has 0 saturated heterocycles. The summed E-state index contributed by atoms with van der Waals surface area (Å²) in [5, 5.41) is 5.69. The van der Waals surface area contributed by atoms with Crippen molar-refractivity contribution in [3.8, 4) is 0 Å². The van der Waals surface area contributed by atoms with Gasteiger partial charge < -0.3 is 19.8 Å². The van der Waals surface area contributed by atoms with Gasteiger partial charge in [0.05, 0.1) is 12.9 Å². The van der Waals surface area contributed by atoms with Crippen molar-refractivity contribution >= 4 is 11.7 Å². The number of hydrogen-bond donors (Lipinski definition) is 2. The van der Waals surface area contributed by atoms with Crippen molar-refractivity contribution in [2.24, 2.45) is 0 Å². The summed E-state index contributed by atoms with van der Waals surface area (Å²) in [4.78, 5) is 11.8. The van der Waals surface area contributed by atoms with Crippen molar-refractivity contribution in [3.05, 3.63) is 54.0 Å². The first-order valence-corrected chi connectivity index (χ1v) is 7.44. The minimum absolute atomic E-state index is 0.153. The van der Waals surface area contributed by atoms with E-state index in [9.17, 15) is 4.79 Å². The number of hydrogen-bond acceptors (Lipinski definition) is 3. The molecule has 1 heterocycles. The van der Waals surface area contributed by atoms with Gasteiger partial charge in [-0.05, 0) is 43.2 Å². The third kappa shape index (κ3) is 5.26. The van der Waals surface area contributed by atoms with Gasteiger partial charge in [0.25, 0.3) is 0 Å². The van der Waals surface area contributed by atoms with E-state index in [0.29, 0.717) is 13.2 Å². The van der Waals surface area contributed by atoms with Gasteiger partial charge in [0.1, 0.15) is 12.4 Å². The third-order valence-electron chi connectivity index (χ3n) is 3.27. The molecule has 0 spiro atoms. The molecule has 1 aromatic carbocycles. The quantitative estimate of drug-likeness (QED) is 0.815. The predicted octanol–water partition coefficient (Wildman–Crippen LogP) is 3.92. The number of ether oxygens (including phenoxy) is 1. The summed E-state index contributed by atoms with van der Waals surface area (Å²) < 4.78 is 10.8. The molecule has 1 atom stereocenters. The Balaban J connectivity index is 1.82. The zero-order valence-electron chi connectivity index (χ0n) is 13.0. The Bertz CT molecular complexity index is 581. The zero-order chi connectivity index (χ0) is 15.8. The van der Waals surface area contributed by atoms with Crippen LogP contribution < -0.4 is 10.6 Å². The van der Waals surface area contributed by atoms with Crippen molar-refractivity contribution in [1.82, 2.24) is 5.32 Å². The molecule has 0 unspecified atom stereocenters. The highest BCUT2D eigenvalue weighted by Gasteiger charge is 2.06. The lowest BCUT2D eigenvalue weighted by molar-refractivity contribution is 0.0930. The van der Waals surface area contributed by atoms with Gasteiger partial charge >= 0.3 is 6.03 Å². The molecule has 0 aliphatic heterocycles. The van der Waals surface area contributed by atoms with Gasteiger partial charge in [-0.15, -0.1) is 0 Å². The van der Waals surface area contributed by atoms with Gasteiger partial charge in [0.15, 0.2) is 0 Å². The molecule has 0 aliphatic carbocycles. The van der Waals surface area contributed by atoms with Crippen LogP contribution in [0.4, 0.5) is 10.5 Å². The highest BCUT2D eigenvalue weighted by Crippen LogP contribution is 2.13. The van der Waals surface area contributed by atoms with Gasteiger partial charge in [0.2, 0.25) is 0 Å². The van der Waals surface area contributed by atoms with Crippen LogP contribution in [0.5, 0.6) is 0 Å². The van der Waals surface area contributed by atoms with E-state index in [2.05, 4.69) is 10.6 Å². The van der Waals surface area contributed by atoms with Crippen LogP contribution in [0, 0.1) is 0 Å². The molecular weight excluding hydrogens is 280 g/mol. The molecule has 0 saturated carbocycles. The van der Waals surface area contributed by atoms with E-state index >= 15 is 0 Å². The summed E-state index contributed by atoms with van der Waals surface area (Å²) in [6.45, 7) is 4.89. The van der Waals surface area contributed by atoms with E-state index in [0.717, 1.165) is 23.4 Å².